The Morgan fingerprint density at radius 3 is 2.50 bits per heavy atom. The number of rotatable bonds is 6. The molecule has 1 atom stereocenters. The molecule has 0 spiro atoms. The van der Waals surface area contributed by atoms with Crippen LogP contribution in [0.25, 0.3) is 0 Å². The monoisotopic (exact) mass is 223 g/mol. The molecule has 0 saturated heterocycles. The van der Waals surface area contributed by atoms with E-state index in [1.807, 2.05) is 6.20 Å². The van der Waals surface area contributed by atoms with E-state index in [1.54, 1.807) is 0 Å². The van der Waals surface area contributed by atoms with E-state index < -0.39 is 0 Å². The average molecular weight is 223 g/mol. The number of hydrogen-bond donors (Lipinski definition) is 1. The predicted octanol–water partition coefficient (Wildman–Crippen LogP) is 3.39. The molecule has 1 heterocycles. The minimum Gasteiger partial charge on any atom is -0.353 e. The Hall–Kier alpha value is -0.990. The van der Waals surface area contributed by atoms with Gasteiger partial charge in [-0.1, -0.05) is 34.6 Å². The summed E-state index contributed by atoms with van der Waals surface area (Å²) in [6.07, 6.45) is 5.05. The quantitative estimate of drug-likeness (QED) is 0.801. The third-order valence-corrected chi connectivity index (χ3v) is 2.84. The van der Waals surface area contributed by atoms with Crippen molar-refractivity contribution in [2.75, 3.05) is 5.32 Å². The molecule has 0 amide bonds. The largest absolute Gasteiger partial charge is 0.353 e. The highest BCUT2D eigenvalue weighted by atomic mass is 15.2. The smallest absolute Gasteiger partial charge is 0.203 e. The van der Waals surface area contributed by atoms with Crippen molar-refractivity contribution in [1.82, 2.24) is 9.55 Å². The molecule has 0 fully saturated rings. The van der Waals surface area contributed by atoms with Crippen molar-refractivity contribution in [1.29, 1.82) is 0 Å². The summed E-state index contributed by atoms with van der Waals surface area (Å²) in [6.45, 7) is 12.2. The topological polar surface area (TPSA) is 29.9 Å². The van der Waals surface area contributed by atoms with E-state index in [-0.39, 0.29) is 0 Å². The lowest BCUT2D eigenvalue weighted by molar-refractivity contribution is 0.491. The van der Waals surface area contributed by atoms with Gasteiger partial charge in [-0.25, -0.2) is 4.98 Å². The second-order valence-electron chi connectivity index (χ2n) is 5.20. The van der Waals surface area contributed by atoms with Gasteiger partial charge in [0, 0.05) is 25.0 Å². The number of nitrogens with zero attached hydrogens (tertiary/aromatic N) is 2. The second kappa shape index (κ2) is 5.92. The number of aromatic nitrogens is 2. The Bertz CT molecular complexity index is 302. The molecule has 0 aromatic carbocycles. The first-order chi connectivity index (χ1) is 7.54. The van der Waals surface area contributed by atoms with Crippen molar-refractivity contribution in [3.63, 3.8) is 0 Å². The van der Waals surface area contributed by atoms with Crippen LogP contribution in [-0.2, 0) is 6.54 Å². The molecule has 3 nitrogen and oxygen atoms in total. The van der Waals surface area contributed by atoms with Gasteiger partial charge in [-0.3, -0.25) is 0 Å². The minimum absolute atomic E-state index is 0.508. The lowest BCUT2D eigenvalue weighted by atomic mass is 10.0. The van der Waals surface area contributed by atoms with E-state index in [0.29, 0.717) is 17.9 Å². The van der Waals surface area contributed by atoms with Gasteiger partial charge in [-0.15, -0.1) is 0 Å². The van der Waals surface area contributed by atoms with E-state index in [1.165, 1.54) is 0 Å². The molecule has 1 aromatic heterocycles. The first kappa shape index (κ1) is 13.1. The Morgan fingerprint density at radius 2 is 2.00 bits per heavy atom. The van der Waals surface area contributed by atoms with Gasteiger partial charge in [0.1, 0.15) is 0 Å². The number of imidazole rings is 1. The third-order valence-electron chi connectivity index (χ3n) is 2.84. The molecule has 0 bridgehead atoms. The van der Waals surface area contributed by atoms with Crippen LogP contribution in [0.5, 0.6) is 0 Å². The number of nitrogens with one attached hydrogen (secondary N) is 1. The van der Waals surface area contributed by atoms with Gasteiger partial charge in [0.25, 0.3) is 0 Å². The zero-order valence-corrected chi connectivity index (χ0v) is 11.2. The van der Waals surface area contributed by atoms with Gasteiger partial charge in [-0.05, 0) is 18.3 Å². The van der Waals surface area contributed by atoms with Crippen molar-refractivity contribution < 1.29 is 0 Å². The predicted molar refractivity (Wildman–Crippen MR) is 69.6 cm³/mol. The molecule has 1 N–H and O–H groups in total. The molecule has 16 heavy (non-hydrogen) atoms. The molecular formula is C13H25N3. The Morgan fingerprint density at radius 1 is 1.31 bits per heavy atom. The first-order valence-corrected chi connectivity index (χ1v) is 6.32. The molecule has 92 valence electrons. The standard InChI is InChI=1S/C13H25N3/c1-6-12(11(4)5)15-13-14-7-8-16(13)9-10(2)3/h7-8,10-12H,6,9H2,1-5H3,(H,14,15). The summed E-state index contributed by atoms with van der Waals surface area (Å²) >= 11 is 0. The zero-order chi connectivity index (χ0) is 12.1. The van der Waals surface area contributed by atoms with Crippen molar-refractivity contribution in [3.8, 4) is 0 Å². The van der Waals surface area contributed by atoms with Crippen LogP contribution in [0.2, 0.25) is 0 Å². The summed E-state index contributed by atoms with van der Waals surface area (Å²) in [4.78, 5) is 4.39. The van der Waals surface area contributed by atoms with Gasteiger partial charge in [0.05, 0.1) is 0 Å². The Balaban J connectivity index is 2.68. The summed E-state index contributed by atoms with van der Waals surface area (Å²) in [6, 6.07) is 0.508. The summed E-state index contributed by atoms with van der Waals surface area (Å²) < 4.78 is 2.20. The highest BCUT2D eigenvalue weighted by Crippen LogP contribution is 2.14. The first-order valence-electron chi connectivity index (χ1n) is 6.32. The maximum atomic E-state index is 4.39. The van der Waals surface area contributed by atoms with Crippen LogP contribution >= 0.6 is 0 Å². The molecular weight excluding hydrogens is 198 g/mol. The molecule has 0 aliphatic rings. The summed E-state index contributed by atoms with van der Waals surface area (Å²) in [5.74, 6) is 2.29. The summed E-state index contributed by atoms with van der Waals surface area (Å²) in [5.41, 5.74) is 0. The lowest BCUT2D eigenvalue weighted by Crippen LogP contribution is -2.26. The van der Waals surface area contributed by atoms with Crippen LogP contribution < -0.4 is 5.32 Å². The lowest BCUT2D eigenvalue weighted by Gasteiger charge is -2.22. The molecule has 1 aromatic rings. The maximum Gasteiger partial charge on any atom is 0.203 e. The zero-order valence-electron chi connectivity index (χ0n) is 11.2. The molecule has 1 unspecified atom stereocenters. The van der Waals surface area contributed by atoms with Crippen LogP contribution in [0, 0.1) is 11.8 Å². The molecule has 3 heteroatoms. The third kappa shape index (κ3) is 3.54. The SMILES string of the molecule is CCC(Nc1nccn1CC(C)C)C(C)C. The summed E-state index contributed by atoms with van der Waals surface area (Å²) in [7, 11) is 0. The van der Waals surface area contributed by atoms with E-state index in [4.69, 9.17) is 0 Å². The molecule has 0 saturated carbocycles. The van der Waals surface area contributed by atoms with Crippen molar-refractivity contribution in [2.45, 2.75) is 53.6 Å². The highest BCUT2D eigenvalue weighted by Gasteiger charge is 2.13. The van der Waals surface area contributed by atoms with Crippen molar-refractivity contribution in [3.05, 3.63) is 12.4 Å². The summed E-state index contributed by atoms with van der Waals surface area (Å²) in [5, 5.41) is 3.53. The molecule has 0 aliphatic heterocycles. The van der Waals surface area contributed by atoms with Gasteiger partial charge in [0.15, 0.2) is 0 Å². The van der Waals surface area contributed by atoms with E-state index in [0.717, 1.165) is 18.9 Å². The van der Waals surface area contributed by atoms with E-state index >= 15 is 0 Å². The van der Waals surface area contributed by atoms with Crippen LogP contribution in [-0.4, -0.2) is 15.6 Å². The van der Waals surface area contributed by atoms with E-state index in [2.05, 4.69) is 55.7 Å². The van der Waals surface area contributed by atoms with E-state index in [9.17, 15) is 0 Å². The number of hydrogen-bond acceptors (Lipinski definition) is 2. The Kier molecular flexibility index (Phi) is 4.84. The van der Waals surface area contributed by atoms with Crippen molar-refractivity contribution >= 4 is 5.95 Å². The minimum atomic E-state index is 0.508. The van der Waals surface area contributed by atoms with Crippen LogP contribution in [0.4, 0.5) is 5.95 Å². The molecule has 1 rings (SSSR count). The molecule has 0 radical (unpaired) electrons. The normalized spacial score (nSPS) is 13.4. The van der Waals surface area contributed by atoms with Crippen LogP contribution in [0.1, 0.15) is 41.0 Å². The van der Waals surface area contributed by atoms with Gasteiger partial charge in [0.2, 0.25) is 5.95 Å². The second-order valence-corrected chi connectivity index (χ2v) is 5.20. The molecule has 0 aliphatic carbocycles. The fourth-order valence-corrected chi connectivity index (χ4v) is 1.90. The fraction of sp³-hybridized carbons (Fsp3) is 0.769. The highest BCUT2D eigenvalue weighted by molar-refractivity contribution is 5.27. The van der Waals surface area contributed by atoms with Crippen LogP contribution in [0.15, 0.2) is 12.4 Å². The Labute approximate surface area is 99.3 Å². The van der Waals surface area contributed by atoms with Crippen molar-refractivity contribution in [2.24, 2.45) is 11.8 Å². The van der Waals surface area contributed by atoms with Gasteiger partial charge in [-0.2, -0.15) is 0 Å². The maximum absolute atomic E-state index is 4.39. The van der Waals surface area contributed by atoms with Gasteiger partial charge >= 0.3 is 0 Å². The average Bonchev–Trinajstić information content (AvgIpc) is 2.60. The fourth-order valence-electron chi connectivity index (χ4n) is 1.90. The number of anilines is 1. The van der Waals surface area contributed by atoms with Crippen LogP contribution in [0.3, 0.4) is 0 Å². The van der Waals surface area contributed by atoms with Gasteiger partial charge < -0.3 is 9.88 Å².